The van der Waals surface area contributed by atoms with Crippen LogP contribution in [0.15, 0.2) is 18.2 Å². The van der Waals surface area contributed by atoms with E-state index >= 15 is 0 Å². The Labute approximate surface area is 114 Å². The van der Waals surface area contributed by atoms with E-state index in [2.05, 4.69) is 10.6 Å². The molecule has 0 bridgehead atoms. The number of amides is 1. The van der Waals surface area contributed by atoms with Crippen molar-refractivity contribution in [2.24, 2.45) is 5.92 Å². The molecule has 106 valence electrons. The van der Waals surface area contributed by atoms with Crippen LogP contribution in [0.25, 0.3) is 0 Å². The van der Waals surface area contributed by atoms with Gasteiger partial charge in [-0.25, -0.2) is 0 Å². The Morgan fingerprint density at radius 1 is 1.42 bits per heavy atom. The minimum Gasteiger partial charge on any atom is -0.326 e. The standard InChI is InChI=1S/C12H14ClF3N2O/c1-7(6-17-2)11(19)18-8-3-4-10(13)9(5-8)12(14,15)16/h3-5,7,17H,6H2,1-2H3,(H,18,19). The highest BCUT2D eigenvalue weighted by molar-refractivity contribution is 6.31. The Morgan fingerprint density at radius 3 is 2.58 bits per heavy atom. The van der Waals surface area contributed by atoms with E-state index in [1.807, 2.05) is 0 Å². The smallest absolute Gasteiger partial charge is 0.326 e. The van der Waals surface area contributed by atoms with Crippen molar-refractivity contribution in [1.82, 2.24) is 5.32 Å². The van der Waals surface area contributed by atoms with Gasteiger partial charge in [-0.1, -0.05) is 18.5 Å². The monoisotopic (exact) mass is 294 g/mol. The van der Waals surface area contributed by atoms with Gasteiger partial charge in [-0.05, 0) is 25.2 Å². The Morgan fingerprint density at radius 2 is 2.05 bits per heavy atom. The third-order valence-electron chi connectivity index (χ3n) is 2.50. The molecule has 0 aliphatic heterocycles. The van der Waals surface area contributed by atoms with E-state index in [1.165, 1.54) is 6.07 Å². The molecule has 0 aromatic heterocycles. The second-order valence-electron chi connectivity index (χ2n) is 4.14. The molecule has 0 saturated heterocycles. The van der Waals surface area contributed by atoms with E-state index in [0.29, 0.717) is 6.54 Å². The number of halogens is 4. The van der Waals surface area contributed by atoms with Gasteiger partial charge in [-0.2, -0.15) is 13.2 Å². The van der Waals surface area contributed by atoms with Gasteiger partial charge in [-0.3, -0.25) is 4.79 Å². The summed E-state index contributed by atoms with van der Waals surface area (Å²) >= 11 is 5.49. The fourth-order valence-corrected chi connectivity index (χ4v) is 1.71. The van der Waals surface area contributed by atoms with E-state index in [-0.39, 0.29) is 17.5 Å². The predicted molar refractivity (Wildman–Crippen MR) is 68.2 cm³/mol. The number of alkyl halides is 3. The normalized spacial score (nSPS) is 13.2. The van der Waals surface area contributed by atoms with Crippen LogP contribution in [0.4, 0.5) is 18.9 Å². The SMILES string of the molecule is CNCC(C)C(=O)Nc1ccc(Cl)c(C(F)(F)F)c1. The van der Waals surface area contributed by atoms with Crippen molar-refractivity contribution >= 4 is 23.2 Å². The lowest BCUT2D eigenvalue weighted by atomic mass is 10.1. The number of carbonyl (C=O) groups is 1. The Kier molecular flexibility index (Phi) is 5.20. The maximum atomic E-state index is 12.6. The van der Waals surface area contributed by atoms with Crippen LogP contribution >= 0.6 is 11.6 Å². The molecule has 19 heavy (non-hydrogen) atoms. The summed E-state index contributed by atoms with van der Waals surface area (Å²) in [5.74, 6) is -0.709. The number of nitrogens with one attached hydrogen (secondary N) is 2. The summed E-state index contributed by atoms with van der Waals surface area (Å²) in [5, 5.41) is 4.85. The van der Waals surface area contributed by atoms with Crippen LogP contribution in [0, 0.1) is 5.92 Å². The van der Waals surface area contributed by atoms with Gasteiger partial charge in [0.25, 0.3) is 0 Å². The molecule has 1 unspecified atom stereocenters. The summed E-state index contributed by atoms with van der Waals surface area (Å²) in [7, 11) is 1.69. The molecular weight excluding hydrogens is 281 g/mol. The van der Waals surface area contributed by atoms with Crippen molar-refractivity contribution < 1.29 is 18.0 Å². The first kappa shape index (κ1) is 15.8. The molecule has 1 aromatic carbocycles. The zero-order valence-corrected chi connectivity index (χ0v) is 11.2. The van der Waals surface area contributed by atoms with Gasteiger partial charge in [0.15, 0.2) is 0 Å². The molecule has 1 atom stereocenters. The van der Waals surface area contributed by atoms with Crippen LogP contribution in [0.1, 0.15) is 12.5 Å². The molecule has 0 spiro atoms. The van der Waals surface area contributed by atoms with Crippen molar-refractivity contribution in [2.45, 2.75) is 13.1 Å². The van der Waals surface area contributed by atoms with Gasteiger partial charge in [0, 0.05) is 18.2 Å². The van der Waals surface area contributed by atoms with Crippen LogP contribution in [0.2, 0.25) is 5.02 Å². The molecule has 1 rings (SSSR count). The molecule has 0 radical (unpaired) electrons. The molecule has 1 aromatic rings. The van der Waals surface area contributed by atoms with Gasteiger partial charge in [-0.15, -0.1) is 0 Å². The number of anilines is 1. The van der Waals surface area contributed by atoms with Gasteiger partial charge in [0.1, 0.15) is 0 Å². The fraction of sp³-hybridized carbons (Fsp3) is 0.417. The molecule has 3 nitrogen and oxygen atoms in total. The molecule has 7 heteroatoms. The van der Waals surface area contributed by atoms with Crippen molar-refractivity contribution in [2.75, 3.05) is 18.9 Å². The van der Waals surface area contributed by atoms with E-state index in [4.69, 9.17) is 11.6 Å². The Bertz CT molecular complexity index is 463. The third kappa shape index (κ3) is 4.40. The highest BCUT2D eigenvalue weighted by Crippen LogP contribution is 2.36. The average Bonchev–Trinajstić information content (AvgIpc) is 2.30. The first-order valence-corrected chi connectivity index (χ1v) is 5.95. The van der Waals surface area contributed by atoms with Gasteiger partial charge >= 0.3 is 6.18 Å². The van der Waals surface area contributed by atoms with E-state index in [0.717, 1.165) is 12.1 Å². The lowest BCUT2D eigenvalue weighted by Gasteiger charge is -2.14. The largest absolute Gasteiger partial charge is 0.417 e. The number of benzene rings is 1. The van der Waals surface area contributed by atoms with Crippen LogP contribution in [0.5, 0.6) is 0 Å². The predicted octanol–water partition coefficient (Wildman–Crippen LogP) is 3.15. The zero-order valence-electron chi connectivity index (χ0n) is 10.4. The molecule has 0 aliphatic carbocycles. The topological polar surface area (TPSA) is 41.1 Å². The average molecular weight is 295 g/mol. The molecule has 0 heterocycles. The third-order valence-corrected chi connectivity index (χ3v) is 2.83. The fourth-order valence-electron chi connectivity index (χ4n) is 1.48. The maximum Gasteiger partial charge on any atom is 0.417 e. The first-order valence-electron chi connectivity index (χ1n) is 5.58. The summed E-state index contributed by atoms with van der Waals surface area (Å²) in [6, 6.07) is 3.27. The first-order chi connectivity index (χ1) is 8.75. The summed E-state index contributed by atoms with van der Waals surface area (Å²) in [6.45, 7) is 2.11. The number of hydrogen-bond acceptors (Lipinski definition) is 2. The summed E-state index contributed by atoms with van der Waals surface area (Å²) in [4.78, 5) is 11.7. The lowest BCUT2D eigenvalue weighted by Crippen LogP contribution is -2.28. The van der Waals surface area contributed by atoms with E-state index < -0.39 is 16.8 Å². The minimum atomic E-state index is -4.55. The van der Waals surface area contributed by atoms with E-state index in [9.17, 15) is 18.0 Å². The molecule has 0 aliphatic rings. The zero-order chi connectivity index (χ0) is 14.6. The van der Waals surface area contributed by atoms with Crippen molar-refractivity contribution in [3.63, 3.8) is 0 Å². The highest BCUT2D eigenvalue weighted by atomic mass is 35.5. The molecule has 0 saturated carbocycles. The maximum absolute atomic E-state index is 12.6. The molecular formula is C12H14ClF3N2O. The van der Waals surface area contributed by atoms with Gasteiger partial charge in [0.2, 0.25) is 5.91 Å². The number of hydrogen-bond donors (Lipinski definition) is 2. The minimum absolute atomic E-state index is 0.0738. The van der Waals surface area contributed by atoms with Gasteiger partial charge < -0.3 is 10.6 Å². The number of carbonyl (C=O) groups excluding carboxylic acids is 1. The van der Waals surface area contributed by atoms with Crippen LogP contribution < -0.4 is 10.6 Å². The molecule has 0 fully saturated rings. The van der Waals surface area contributed by atoms with Crippen molar-refractivity contribution in [3.8, 4) is 0 Å². The molecule has 2 N–H and O–H groups in total. The second-order valence-corrected chi connectivity index (χ2v) is 4.55. The van der Waals surface area contributed by atoms with Crippen molar-refractivity contribution in [1.29, 1.82) is 0 Å². The van der Waals surface area contributed by atoms with Crippen LogP contribution in [0.3, 0.4) is 0 Å². The summed E-state index contributed by atoms with van der Waals surface area (Å²) in [6.07, 6.45) is -4.55. The molecule has 1 amide bonds. The van der Waals surface area contributed by atoms with Crippen LogP contribution in [-0.4, -0.2) is 19.5 Å². The Balaban J connectivity index is 2.89. The van der Waals surface area contributed by atoms with E-state index in [1.54, 1.807) is 14.0 Å². The van der Waals surface area contributed by atoms with Crippen molar-refractivity contribution in [3.05, 3.63) is 28.8 Å². The van der Waals surface area contributed by atoms with Gasteiger partial charge in [0.05, 0.1) is 10.6 Å². The van der Waals surface area contributed by atoms with Crippen LogP contribution in [-0.2, 0) is 11.0 Å². The quantitative estimate of drug-likeness (QED) is 0.895. The summed E-state index contributed by atoms with van der Waals surface area (Å²) in [5.41, 5.74) is -0.891. The Hall–Kier alpha value is -1.27. The highest BCUT2D eigenvalue weighted by Gasteiger charge is 2.33. The lowest BCUT2D eigenvalue weighted by molar-refractivity contribution is -0.137. The second kappa shape index (κ2) is 6.25. The summed E-state index contributed by atoms with van der Waals surface area (Å²) < 4.78 is 37.9. The number of rotatable bonds is 4.